The van der Waals surface area contributed by atoms with E-state index in [2.05, 4.69) is 15.2 Å². The lowest BCUT2D eigenvalue weighted by Crippen LogP contribution is -2.42. The Labute approximate surface area is 219 Å². The zero-order valence-electron chi connectivity index (χ0n) is 21.2. The summed E-state index contributed by atoms with van der Waals surface area (Å²) < 4.78 is 21.1. The van der Waals surface area contributed by atoms with Gasteiger partial charge >= 0.3 is 5.69 Å². The number of hydrogen-bond donors (Lipinski definition) is 3. The summed E-state index contributed by atoms with van der Waals surface area (Å²) in [6.45, 7) is 3.90. The molecule has 198 valence electrons. The van der Waals surface area contributed by atoms with Crippen LogP contribution in [-0.2, 0) is 0 Å². The first kappa shape index (κ1) is 25.7. The summed E-state index contributed by atoms with van der Waals surface area (Å²) in [5.74, 6) is -0.127. The maximum atomic E-state index is 13.5. The minimum Gasteiger partial charge on any atom is -0.489 e. The van der Waals surface area contributed by atoms with Crippen LogP contribution in [0.25, 0.3) is 11.0 Å². The molecule has 1 fully saturated rings. The summed E-state index contributed by atoms with van der Waals surface area (Å²) in [7, 11) is 0. The highest BCUT2D eigenvalue weighted by Crippen LogP contribution is 2.27. The number of nitrogens with zero attached hydrogens (tertiary/aromatic N) is 2. The quantitative estimate of drug-likeness (QED) is 0.326. The van der Waals surface area contributed by atoms with Crippen LogP contribution in [-0.4, -0.2) is 57.8 Å². The van der Waals surface area contributed by atoms with E-state index in [4.69, 9.17) is 4.74 Å². The lowest BCUT2D eigenvalue weighted by Gasteiger charge is -2.33. The number of piperidine rings is 1. The number of β-amino-alcohol motifs (C(OH)–C–C–N with tert-alkyl or cyclic N) is 1. The molecule has 5 rings (SSSR count). The number of ether oxygens (including phenoxy) is 1. The number of benzene rings is 3. The Hall–Kier alpha value is -3.95. The molecule has 1 aromatic heterocycles. The predicted octanol–water partition coefficient (Wildman–Crippen LogP) is 4.11. The van der Waals surface area contributed by atoms with Crippen molar-refractivity contribution in [2.24, 2.45) is 0 Å². The molecular weight excluding hydrogens is 487 g/mol. The molecule has 8 nitrogen and oxygen atoms in total. The molecule has 4 aromatic rings. The van der Waals surface area contributed by atoms with Gasteiger partial charge in [-0.2, -0.15) is 0 Å². The molecular formula is C29H31FN4O4. The predicted molar refractivity (Wildman–Crippen MR) is 144 cm³/mol. The third-order valence-electron chi connectivity index (χ3n) is 6.95. The van der Waals surface area contributed by atoms with Gasteiger partial charge in [0.25, 0.3) is 5.91 Å². The highest BCUT2D eigenvalue weighted by molar-refractivity contribution is 6.05. The molecule has 1 aliphatic heterocycles. The van der Waals surface area contributed by atoms with Crippen LogP contribution in [0, 0.1) is 12.7 Å². The molecule has 0 spiro atoms. The number of hydrogen-bond acceptors (Lipinski definition) is 5. The van der Waals surface area contributed by atoms with Crippen LogP contribution in [0.2, 0.25) is 0 Å². The van der Waals surface area contributed by atoms with Crippen LogP contribution in [0.15, 0.2) is 71.5 Å². The number of amides is 1. The molecule has 0 aliphatic carbocycles. The second kappa shape index (κ2) is 11.2. The van der Waals surface area contributed by atoms with Crippen molar-refractivity contribution in [1.82, 2.24) is 14.5 Å². The lowest BCUT2D eigenvalue weighted by atomic mass is 10.0. The number of rotatable bonds is 8. The molecule has 1 saturated heterocycles. The van der Waals surface area contributed by atoms with Crippen LogP contribution in [0.4, 0.5) is 10.1 Å². The number of H-pyrrole nitrogens is 1. The third kappa shape index (κ3) is 5.79. The van der Waals surface area contributed by atoms with Gasteiger partial charge in [-0.3, -0.25) is 9.36 Å². The Bertz CT molecular complexity index is 1470. The summed E-state index contributed by atoms with van der Waals surface area (Å²) in [4.78, 5) is 30.0. The number of fused-ring (bicyclic) bond motifs is 1. The van der Waals surface area contributed by atoms with Crippen molar-refractivity contribution in [2.45, 2.75) is 31.9 Å². The molecule has 38 heavy (non-hydrogen) atoms. The number of anilines is 1. The van der Waals surface area contributed by atoms with Gasteiger partial charge in [0.15, 0.2) is 0 Å². The molecule has 3 N–H and O–H groups in total. The Balaban J connectivity index is 1.13. The zero-order valence-corrected chi connectivity index (χ0v) is 21.2. The summed E-state index contributed by atoms with van der Waals surface area (Å²) in [5, 5.41) is 13.5. The molecule has 1 amide bonds. The maximum Gasteiger partial charge on any atom is 0.326 e. The van der Waals surface area contributed by atoms with E-state index < -0.39 is 6.10 Å². The van der Waals surface area contributed by atoms with Gasteiger partial charge in [0.2, 0.25) is 0 Å². The number of aryl methyl sites for hydroxylation is 1. The first-order chi connectivity index (χ1) is 18.4. The van der Waals surface area contributed by atoms with Crippen LogP contribution in [0.1, 0.15) is 34.8 Å². The van der Waals surface area contributed by atoms with Gasteiger partial charge in [-0.25, -0.2) is 9.18 Å². The smallest absolute Gasteiger partial charge is 0.326 e. The van der Waals surface area contributed by atoms with Crippen molar-refractivity contribution in [3.63, 3.8) is 0 Å². The number of carbonyl (C=O) groups excluding carboxylic acids is 1. The number of nitrogens with one attached hydrogen (secondary N) is 2. The number of aliphatic hydroxyl groups excluding tert-OH is 1. The maximum absolute atomic E-state index is 13.5. The average Bonchev–Trinajstić information content (AvgIpc) is 3.23. The monoisotopic (exact) mass is 518 g/mol. The first-order valence-electron chi connectivity index (χ1n) is 12.8. The fraction of sp³-hybridized carbons (Fsp3) is 0.310. The Kier molecular flexibility index (Phi) is 7.57. The standard InChI is InChI=1S/C29H31FN4O4/c1-19-6-8-20(9-7-19)28(36)31-24-4-2-3-5-27(24)38-18-23(35)17-33-14-12-22(13-15-33)34-26-11-10-21(30)16-25(26)32-29(34)37/h2-11,16,22-23,35H,12-15,17-18H2,1H3,(H,31,36)(H,32,37). The number of para-hydroxylation sites is 2. The number of aliphatic hydroxyl groups is 1. The van der Waals surface area contributed by atoms with Crippen molar-refractivity contribution in [1.29, 1.82) is 0 Å². The fourth-order valence-electron chi connectivity index (χ4n) is 4.96. The van der Waals surface area contributed by atoms with Gasteiger partial charge in [0.05, 0.1) is 16.7 Å². The molecule has 0 radical (unpaired) electrons. The summed E-state index contributed by atoms with van der Waals surface area (Å²) in [6, 6.07) is 18.8. The SMILES string of the molecule is Cc1ccc(C(=O)Nc2ccccc2OCC(O)CN2CCC(n3c(=O)[nH]c4cc(F)ccc43)CC2)cc1. The second-order valence-electron chi connectivity index (χ2n) is 9.77. The highest BCUT2D eigenvalue weighted by atomic mass is 19.1. The van der Waals surface area contributed by atoms with Gasteiger partial charge in [-0.15, -0.1) is 0 Å². The molecule has 1 unspecified atom stereocenters. The normalized spacial score (nSPS) is 15.4. The summed E-state index contributed by atoms with van der Waals surface area (Å²) >= 11 is 0. The van der Waals surface area contributed by atoms with E-state index >= 15 is 0 Å². The second-order valence-corrected chi connectivity index (χ2v) is 9.77. The van der Waals surface area contributed by atoms with Crippen molar-refractivity contribution in [2.75, 3.05) is 31.6 Å². The number of aromatic amines is 1. The minimum absolute atomic E-state index is 0.00960. The Morgan fingerprint density at radius 1 is 1.13 bits per heavy atom. The first-order valence-corrected chi connectivity index (χ1v) is 12.8. The van der Waals surface area contributed by atoms with Crippen LogP contribution in [0.3, 0.4) is 0 Å². The Morgan fingerprint density at radius 2 is 1.87 bits per heavy atom. The Morgan fingerprint density at radius 3 is 2.63 bits per heavy atom. The average molecular weight is 519 g/mol. The summed E-state index contributed by atoms with van der Waals surface area (Å²) in [5.41, 5.74) is 3.14. The number of carbonyl (C=O) groups is 1. The highest BCUT2D eigenvalue weighted by Gasteiger charge is 2.25. The van der Waals surface area contributed by atoms with E-state index in [0.717, 1.165) is 18.4 Å². The molecule has 0 bridgehead atoms. The molecule has 1 aliphatic rings. The number of halogens is 1. The van der Waals surface area contributed by atoms with E-state index in [0.29, 0.717) is 47.7 Å². The fourth-order valence-corrected chi connectivity index (χ4v) is 4.96. The summed E-state index contributed by atoms with van der Waals surface area (Å²) in [6.07, 6.45) is 0.753. The molecule has 3 aromatic carbocycles. The van der Waals surface area contributed by atoms with E-state index in [1.807, 2.05) is 31.2 Å². The van der Waals surface area contributed by atoms with E-state index in [9.17, 15) is 19.1 Å². The lowest BCUT2D eigenvalue weighted by molar-refractivity contribution is 0.0561. The molecule has 2 heterocycles. The van der Waals surface area contributed by atoms with Gasteiger partial charge in [0, 0.05) is 31.2 Å². The van der Waals surface area contributed by atoms with Gasteiger partial charge in [-0.1, -0.05) is 29.8 Å². The van der Waals surface area contributed by atoms with Gasteiger partial charge in [0.1, 0.15) is 24.3 Å². The molecule has 0 saturated carbocycles. The van der Waals surface area contributed by atoms with Crippen LogP contribution >= 0.6 is 0 Å². The van der Waals surface area contributed by atoms with Gasteiger partial charge < -0.3 is 25.0 Å². The van der Waals surface area contributed by atoms with Crippen molar-refractivity contribution in [3.8, 4) is 5.75 Å². The third-order valence-corrected chi connectivity index (χ3v) is 6.95. The zero-order chi connectivity index (χ0) is 26.6. The largest absolute Gasteiger partial charge is 0.489 e. The number of likely N-dealkylation sites (tertiary alicyclic amines) is 1. The minimum atomic E-state index is -0.730. The van der Waals surface area contributed by atoms with Crippen LogP contribution in [0.5, 0.6) is 5.75 Å². The van der Waals surface area contributed by atoms with E-state index in [1.54, 1.807) is 34.9 Å². The number of aromatic nitrogens is 2. The van der Waals surface area contributed by atoms with Crippen molar-refractivity contribution >= 4 is 22.6 Å². The van der Waals surface area contributed by atoms with E-state index in [1.165, 1.54) is 12.1 Å². The van der Waals surface area contributed by atoms with Crippen LogP contribution < -0.4 is 15.7 Å². The molecule has 1 atom stereocenters. The molecule has 9 heteroatoms. The van der Waals surface area contributed by atoms with Crippen molar-refractivity contribution in [3.05, 3.63) is 94.2 Å². The van der Waals surface area contributed by atoms with Crippen molar-refractivity contribution < 1.29 is 19.0 Å². The van der Waals surface area contributed by atoms with Gasteiger partial charge in [-0.05, 0) is 62.2 Å². The number of imidazole rings is 1. The van der Waals surface area contributed by atoms with E-state index in [-0.39, 0.29) is 30.1 Å². The topological polar surface area (TPSA) is 99.6 Å².